The molecular weight excluding hydrogens is 242 g/mol. The van der Waals surface area contributed by atoms with Gasteiger partial charge in [-0.1, -0.05) is 27.7 Å². The Labute approximate surface area is 119 Å². The van der Waals surface area contributed by atoms with Gasteiger partial charge >= 0.3 is 0 Å². The lowest BCUT2D eigenvalue weighted by molar-refractivity contribution is -0.928. The maximum absolute atomic E-state index is 9.27. The van der Waals surface area contributed by atoms with Crippen molar-refractivity contribution < 1.29 is 19.1 Å². The monoisotopic (exact) mass is 275 g/mol. The maximum Gasteiger partial charge on any atom is 0.251 e. The number of carbonyl (C=O) groups is 1. The summed E-state index contributed by atoms with van der Waals surface area (Å²) in [4.78, 5) is 9.27. The van der Waals surface area contributed by atoms with Crippen LogP contribution in [0.1, 0.15) is 60.3 Å². The summed E-state index contributed by atoms with van der Waals surface area (Å²) in [5.41, 5.74) is 0. The average Bonchev–Trinajstić information content (AvgIpc) is 2.31. The molecule has 0 saturated carbocycles. The first-order valence-electron chi connectivity index (χ1n) is 7.70. The van der Waals surface area contributed by atoms with Crippen molar-refractivity contribution in [2.45, 2.75) is 60.3 Å². The second kappa shape index (κ2) is 13.7. The summed E-state index contributed by atoms with van der Waals surface area (Å²) in [7, 11) is 0. The van der Waals surface area contributed by atoms with Crippen LogP contribution in [-0.4, -0.2) is 43.4 Å². The first kappa shape index (κ1) is 20.5. The Hall–Kier alpha value is -0.770. The minimum atomic E-state index is -1.46. The van der Waals surface area contributed by atoms with Crippen LogP contribution in [0.2, 0.25) is 0 Å². The largest absolute Gasteiger partial charge is 0.550 e. The van der Waals surface area contributed by atoms with Gasteiger partial charge in [0.25, 0.3) is 6.16 Å². The van der Waals surface area contributed by atoms with Gasteiger partial charge in [0.1, 0.15) is 0 Å². The number of hydrogen-bond donors (Lipinski definition) is 0. The van der Waals surface area contributed by atoms with Crippen molar-refractivity contribution in [3.63, 3.8) is 0 Å². The van der Waals surface area contributed by atoms with Crippen LogP contribution in [-0.2, 0) is 4.74 Å². The molecule has 0 atom stereocenters. The van der Waals surface area contributed by atoms with E-state index in [4.69, 9.17) is 0 Å². The van der Waals surface area contributed by atoms with E-state index in [2.05, 4.69) is 32.4 Å². The molecule has 0 rings (SSSR count). The number of carbonyl (C=O) groups excluding carboxylic acids is 1. The number of nitrogens with zero attached hydrogens (tertiary/aromatic N) is 1. The van der Waals surface area contributed by atoms with Crippen molar-refractivity contribution in [2.75, 3.05) is 32.8 Å². The summed E-state index contributed by atoms with van der Waals surface area (Å²) in [6.45, 7) is 16.5. The molecule has 19 heavy (non-hydrogen) atoms. The quantitative estimate of drug-likeness (QED) is 0.480. The van der Waals surface area contributed by atoms with Crippen LogP contribution in [0.4, 0.5) is 4.79 Å². The molecule has 0 aliphatic carbocycles. The zero-order chi connectivity index (χ0) is 15.1. The van der Waals surface area contributed by atoms with E-state index < -0.39 is 6.16 Å². The molecule has 0 aliphatic rings. The van der Waals surface area contributed by atoms with Crippen LogP contribution < -0.4 is 5.11 Å². The highest BCUT2D eigenvalue weighted by molar-refractivity contribution is 5.53. The second-order valence-electron chi connectivity index (χ2n) is 4.92. The third-order valence-corrected chi connectivity index (χ3v) is 3.05. The van der Waals surface area contributed by atoms with E-state index in [0.717, 1.165) is 0 Å². The first-order valence-corrected chi connectivity index (χ1v) is 7.70. The lowest BCUT2D eigenvalue weighted by Crippen LogP contribution is -2.50. The predicted molar refractivity (Wildman–Crippen MR) is 77.9 cm³/mol. The molecule has 0 heterocycles. The summed E-state index contributed by atoms with van der Waals surface area (Å²) >= 11 is 0. The van der Waals surface area contributed by atoms with E-state index in [1.165, 1.54) is 56.3 Å². The van der Waals surface area contributed by atoms with Gasteiger partial charge < -0.3 is 19.1 Å². The smallest absolute Gasteiger partial charge is 0.251 e. The third-order valence-electron chi connectivity index (χ3n) is 3.05. The fourth-order valence-corrected chi connectivity index (χ4v) is 2.69. The van der Waals surface area contributed by atoms with Gasteiger partial charge in [-0.05, 0) is 32.6 Å². The molecule has 0 radical (unpaired) electrons. The van der Waals surface area contributed by atoms with Crippen LogP contribution in [0, 0.1) is 0 Å². The molecule has 0 amide bonds. The van der Waals surface area contributed by atoms with Crippen molar-refractivity contribution in [1.29, 1.82) is 0 Å². The zero-order valence-corrected chi connectivity index (χ0v) is 13.5. The lowest BCUT2D eigenvalue weighted by atomic mass is 10.2. The van der Waals surface area contributed by atoms with E-state index in [9.17, 15) is 9.90 Å². The number of quaternary nitrogens is 1. The van der Waals surface area contributed by atoms with E-state index in [-0.39, 0.29) is 6.61 Å². The van der Waals surface area contributed by atoms with Crippen LogP contribution in [0.25, 0.3) is 0 Å². The van der Waals surface area contributed by atoms with Crippen molar-refractivity contribution in [3.8, 4) is 0 Å². The van der Waals surface area contributed by atoms with Gasteiger partial charge in [-0.15, -0.1) is 0 Å². The Morgan fingerprint density at radius 3 is 1.26 bits per heavy atom. The summed E-state index contributed by atoms with van der Waals surface area (Å²) in [5.74, 6) is 0. The molecule has 0 N–H and O–H groups in total. The minimum absolute atomic E-state index is 0.169. The Morgan fingerprint density at radius 1 is 0.842 bits per heavy atom. The molecular formula is C15H33NO3. The topological polar surface area (TPSA) is 49.4 Å². The molecule has 0 aromatic rings. The highest BCUT2D eigenvalue weighted by atomic mass is 16.7. The number of carboxylic acid groups (broad SMARTS) is 1. The molecule has 0 unspecified atom stereocenters. The summed E-state index contributed by atoms with van der Waals surface area (Å²) in [5, 5.41) is 9.27. The highest BCUT2D eigenvalue weighted by Gasteiger charge is 2.22. The van der Waals surface area contributed by atoms with Gasteiger partial charge in [0, 0.05) is 6.61 Å². The van der Waals surface area contributed by atoms with Crippen LogP contribution in [0.3, 0.4) is 0 Å². The van der Waals surface area contributed by atoms with Gasteiger partial charge in [-0.3, -0.25) is 0 Å². The average molecular weight is 275 g/mol. The molecule has 4 nitrogen and oxygen atoms in total. The molecule has 0 aliphatic heterocycles. The first-order chi connectivity index (χ1) is 9.01. The maximum atomic E-state index is 9.27. The molecule has 116 valence electrons. The van der Waals surface area contributed by atoms with E-state index >= 15 is 0 Å². The molecule has 0 aromatic carbocycles. The molecule has 0 aromatic heterocycles. The summed E-state index contributed by atoms with van der Waals surface area (Å²) in [6, 6.07) is 0. The van der Waals surface area contributed by atoms with Gasteiger partial charge in [0.05, 0.1) is 26.2 Å². The highest BCUT2D eigenvalue weighted by Crippen LogP contribution is 2.12. The van der Waals surface area contributed by atoms with Gasteiger partial charge in [0.15, 0.2) is 0 Å². The van der Waals surface area contributed by atoms with E-state index in [1.54, 1.807) is 6.92 Å². The molecule has 0 saturated heterocycles. The molecule has 4 heteroatoms. The molecule has 0 fully saturated rings. The van der Waals surface area contributed by atoms with Crippen molar-refractivity contribution in [3.05, 3.63) is 0 Å². The SMILES string of the molecule is CCC[N+](CCC)(CCC)CCC.CCOC(=O)[O-]. The second-order valence-corrected chi connectivity index (χ2v) is 4.92. The van der Waals surface area contributed by atoms with E-state index in [0.29, 0.717) is 0 Å². The fourth-order valence-electron chi connectivity index (χ4n) is 2.69. The third kappa shape index (κ3) is 12.0. The van der Waals surface area contributed by atoms with Crippen molar-refractivity contribution >= 4 is 6.16 Å². The zero-order valence-electron chi connectivity index (χ0n) is 13.5. The normalized spacial score (nSPS) is 10.6. The van der Waals surface area contributed by atoms with Crippen molar-refractivity contribution in [2.24, 2.45) is 0 Å². The van der Waals surface area contributed by atoms with Gasteiger partial charge in [-0.2, -0.15) is 0 Å². The van der Waals surface area contributed by atoms with Gasteiger partial charge in [-0.25, -0.2) is 0 Å². The molecule has 0 spiro atoms. The van der Waals surface area contributed by atoms with Gasteiger partial charge in [0.2, 0.25) is 0 Å². The Morgan fingerprint density at radius 2 is 1.16 bits per heavy atom. The Balaban J connectivity index is 0. The number of rotatable bonds is 9. The fraction of sp³-hybridized carbons (Fsp3) is 0.933. The standard InChI is InChI=1S/C12H28N.C3H6O3/c1-5-9-13(10-6-2,11-7-3)12-8-4;1-2-6-3(4)5/h5-12H2,1-4H3;2H2,1H3,(H,4,5)/q+1;/p-1. The minimum Gasteiger partial charge on any atom is -0.550 e. The summed E-state index contributed by atoms with van der Waals surface area (Å²) in [6.07, 6.45) is 3.87. The van der Waals surface area contributed by atoms with Crippen LogP contribution >= 0.6 is 0 Å². The number of ether oxygens (including phenoxy) is 1. The lowest BCUT2D eigenvalue weighted by Gasteiger charge is -2.38. The van der Waals surface area contributed by atoms with Crippen LogP contribution in [0.5, 0.6) is 0 Å². The predicted octanol–water partition coefficient (Wildman–Crippen LogP) is 2.81. The number of hydrogen-bond acceptors (Lipinski definition) is 3. The van der Waals surface area contributed by atoms with Crippen molar-refractivity contribution in [1.82, 2.24) is 0 Å². The Bertz CT molecular complexity index is 178. The Kier molecular flexibility index (Phi) is 14.8. The van der Waals surface area contributed by atoms with Crippen LogP contribution in [0.15, 0.2) is 0 Å². The molecule has 0 bridgehead atoms. The van der Waals surface area contributed by atoms with E-state index in [1.807, 2.05) is 0 Å². The summed E-state index contributed by atoms with van der Waals surface area (Å²) < 4.78 is 5.22.